The van der Waals surface area contributed by atoms with E-state index >= 15 is 0 Å². The molecule has 4 atom stereocenters. The van der Waals surface area contributed by atoms with Crippen LogP contribution in [0.5, 0.6) is 0 Å². The molecule has 168 valence electrons. The van der Waals surface area contributed by atoms with Crippen LogP contribution in [0.2, 0.25) is 0 Å². The molecule has 1 heterocycles. The third kappa shape index (κ3) is 10.6. The summed E-state index contributed by atoms with van der Waals surface area (Å²) in [5, 5.41) is 0. The highest BCUT2D eigenvalue weighted by molar-refractivity contribution is 5.68. The Bertz CT molecular complexity index is 507. The lowest BCUT2D eigenvalue weighted by atomic mass is 10.0. The van der Waals surface area contributed by atoms with E-state index in [-0.39, 0.29) is 6.61 Å². The van der Waals surface area contributed by atoms with Gasteiger partial charge in [0, 0.05) is 27.4 Å². The predicted molar refractivity (Wildman–Crippen MR) is 105 cm³/mol. The molecule has 0 aliphatic carbocycles. The summed E-state index contributed by atoms with van der Waals surface area (Å²) >= 11 is 0. The van der Waals surface area contributed by atoms with Crippen molar-refractivity contribution in [1.82, 2.24) is 0 Å². The number of carbonyl (C=O) groups excluding carboxylic acids is 3. The van der Waals surface area contributed by atoms with Crippen molar-refractivity contribution in [1.29, 1.82) is 0 Å². The van der Waals surface area contributed by atoms with Gasteiger partial charge in [0.1, 0.15) is 0 Å². The fourth-order valence-corrected chi connectivity index (χ4v) is 3.29. The molecule has 0 aromatic rings. The van der Waals surface area contributed by atoms with Crippen molar-refractivity contribution in [2.75, 3.05) is 13.2 Å². The number of carbonyl (C=O) groups is 3. The van der Waals surface area contributed by atoms with Crippen molar-refractivity contribution in [3.63, 3.8) is 0 Å². The second-order valence-corrected chi connectivity index (χ2v) is 7.34. The predicted octanol–water partition coefficient (Wildman–Crippen LogP) is 3.30. The highest BCUT2D eigenvalue weighted by Crippen LogP contribution is 2.25. The quantitative estimate of drug-likeness (QED) is 0.256. The van der Waals surface area contributed by atoms with Gasteiger partial charge in [0.15, 0.2) is 24.6 Å². The van der Waals surface area contributed by atoms with Crippen molar-refractivity contribution in [3.05, 3.63) is 0 Å². The molecule has 0 amide bonds. The zero-order valence-electron chi connectivity index (χ0n) is 18.1. The average Bonchev–Trinajstić information content (AvgIpc) is 2.63. The SMILES string of the molecule is CCCCCCCCCCO[C@@H]1OC[C@@H](OC(C)=O)[C@H](OC(C)=O)[C@H]1OC(C)=O. The van der Waals surface area contributed by atoms with Gasteiger partial charge in [-0.1, -0.05) is 51.9 Å². The molecule has 1 fully saturated rings. The smallest absolute Gasteiger partial charge is 0.303 e. The molecular weight excluding hydrogens is 380 g/mol. The fourth-order valence-electron chi connectivity index (χ4n) is 3.29. The van der Waals surface area contributed by atoms with E-state index in [1.54, 1.807) is 0 Å². The molecular formula is C21H36O8. The standard InChI is InChI=1S/C21H36O8/c1-5-6-7-8-9-10-11-12-13-25-21-20(29-17(4)24)19(28-16(3)23)18(14-26-21)27-15(2)22/h18-21H,5-14H2,1-4H3/t18-,19+,20-,21-/m1/s1. The van der Waals surface area contributed by atoms with Crippen LogP contribution < -0.4 is 0 Å². The van der Waals surface area contributed by atoms with Crippen molar-refractivity contribution in [3.8, 4) is 0 Å². The Labute approximate surface area is 173 Å². The molecule has 0 bridgehead atoms. The molecule has 0 saturated carbocycles. The van der Waals surface area contributed by atoms with Gasteiger partial charge in [-0.3, -0.25) is 14.4 Å². The Kier molecular flexibility index (Phi) is 12.5. The lowest BCUT2D eigenvalue weighted by Crippen LogP contribution is -2.58. The van der Waals surface area contributed by atoms with Crippen molar-refractivity contribution < 1.29 is 38.1 Å². The molecule has 1 aliphatic rings. The molecule has 1 rings (SSSR count). The maximum atomic E-state index is 11.6. The maximum Gasteiger partial charge on any atom is 0.303 e. The first-order valence-corrected chi connectivity index (χ1v) is 10.6. The lowest BCUT2D eigenvalue weighted by Gasteiger charge is -2.40. The van der Waals surface area contributed by atoms with E-state index in [0.29, 0.717) is 6.61 Å². The molecule has 0 radical (unpaired) electrons. The number of esters is 3. The molecule has 0 N–H and O–H groups in total. The Hall–Kier alpha value is -1.67. The number of hydrogen-bond acceptors (Lipinski definition) is 8. The minimum atomic E-state index is -1.01. The Morgan fingerprint density at radius 2 is 1.28 bits per heavy atom. The van der Waals surface area contributed by atoms with Gasteiger partial charge in [-0.15, -0.1) is 0 Å². The van der Waals surface area contributed by atoms with Gasteiger partial charge in [-0.25, -0.2) is 0 Å². The minimum Gasteiger partial charge on any atom is -0.456 e. The molecule has 8 nitrogen and oxygen atoms in total. The second kappa shape index (κ2) is 14.3. The van der Waals surface area contributed by atoms with Crippen molar-refractivity contribution in [2.45, 2.75) is 104 Å². The topological polar surface area (TPSA) is 97.4 Å². The van der Waals surface area contributed by atoms with Crippen LogP contribution in [-0.2, 0) is 38.1 Å². The zero-order valence-corrected chi connectivity index (χ0v) is 18.1. The van der Waals surface area contributed by atoms with E-state index in [9.17, 15) is 14.4 Å². The van der Waals surface area contributed by atoms with Crippen LogP contribution >= 0.6 is 0 Å². The van der Waals surface area contributed by atoms with E-state index < -0.39 is 42.5 Å². The Balaban J connectivity index is 2.55. The van der Waals surface area contributed by atoms with Crippen LogP contribution in [-0.4, -0.2) is 55.7 Å². The molecule has 29 heavy (non-hydrogen) atoms. The van der Waals surface area contributed by atoms with Crippen LogP contribution in [0.15, 0.2) is 0 Å². The highest BCUT2D eigenvalue weighted by atomic mass is 16.7. The minimum absolute atomic E-state index is 0.0165. The number of unbranched alkanes of at least 4 members (excludes halogenated alkanes) is 7. The van der Waals surface area contributed by atoms with Crippen LogP contribution in [0.25, 0.3) is 0 Å². The fraction of sp³-hybridized carbons (Fsp3) is 0.857. The van der Waals surface area contributed by atoms with Crippen LogP contribution in [0.4, 0.5) is 0 Å². The first kappa shape index (κ1) is 25.4. The summed E-state index contributed by atoms with van der Waals surface area (Å²) < 4.78 is 27.2. The van der Waals surface area contributed by atoms with Gasteiger partial charge in [-0.2, -0.15) is 0 Å². The highest BCUT2D eigenvalue weighted by Gasteiger charge is 2.47. The van der Waals surface area contributed by atoms with Crippen LogP contribution in [0.3, 0.4) is 0 Å². The second-order valence-electron chi connectivity index (χ2n) is 7.34. The molecule has 0 aromatic carbocycles. The first-order valence-electron chi connectivity index (χ1n) is 10.6. The third-order valence-electron chi connectivity index (χ3n) is 4.58. The zero-order chi connectivity index (χ0) is 21.6. The normalized spacial score (nSPS) is 24.0. The molecule has 0 unspecified atom stereocenters. The van der Waals surface area contributed by atoms with Crippen molar-refractivity contribution in [2.24, 2.45) is 0 Å². The Morgan fingerprint density at radius 3 is 1.83 bits per heavy atom. The van der Waals surface area contributed by atoms with Gasteiger partial charge in [0.25, 0.3) is 0 Å². The molecule has 8 heteroatoms. The van der Waals surface area contributed by atoms with E-state index in [1.807, 2.05) is 0 Å². The van der Waals surface area contributed by atoms with Crippen LogP contribution in [0.1, 0.15) is 79.1 Å². The van der Waals surface area contributed by atoms with E-state index in [0.717, 1.165) is 19.3 Å². The summed E-state index contributed by atoms with van der Waals surface area (Å²) in [6.07, 6.45) is 5.58. The largest absolute Gasteiger partial charge is 0.456 e. The van der Waals surface area contributed by atoms with Gasteiger partial charge in [0.2, 0.25) is 0 Å². The number of ether oxygens (including phenoxy) is 5. The lowest BCUT2D eigenvalue weighted by molar-refractivity contribution is -0.281. The summed E-state index contributed by atoms with van der Waals surface area (Å²) in [4.78, 5) is 34.4. The summed E-state index contributed by atoms with van der Waals surface area (Å²) in [7, 11) is 0. The molecule has 0 aromatic heterocycles. The van der Waals surface area contributed by atoms with Gasteiger partial charge < -0.3 is 23.7 Å². The van der Waals surface area contributed by atoms with E-state index in [2.05, 4.69) is 6.92 Å². The molecule has 0 spiro atoms. The summed E-state index contributed by atoms with van der Waals surface area (Å²) in [6.45, 7) is 6.35. The van der Waals surface area contributed by atoms with Crippen LogP contribution in [0, 0.1) is 0 Å². The third-order valence-corrected chi connectivity index (χ3v) is 4.58. The van der Waals surface area contributed by atoms with Gasteiger partial charge >= 0.3 is 17.9 Å². The first-order chi connectivity index (χ1) is 13.8. The van der Waals surface area contributed by atoms with Gasteiger partial charge in [-0.05, 0) is 6.42 Å². The van der Waals surface area contributed by atoms with Gasteiger partial charge in [0.05, 0.1) is 6.61 Å². The summed E-state index contributed by atoms with van der Waals surface area (Å²) in [5.74, 6) is -1.69. The maximum absolute atomic E-state index is 11.6. The number of rotatable bonds is 13. The molecule has 1 saturated heterocycles. The van der Waals surface area contributed by atoms with E-state index in [4.69, 9.17) is 23.7 Å². The Morgan fingerprint density at radius 1 is 0.759 bits per heavy atom. The summed E-state index contributed by atoms with van der Waals surface area (Å²) in [6, 6.07) is 0. The molecule has 1 aliphatic heterocycles. The summed E-state index contributed by atoms with van der Waals surface area (Å²) in [5.41, 5.74) is 0. The average molecular weight is 417 g/mol. The van der Waals surface area contributed by atoms with Crippen molar-refractivity contribution >= 4 is 17.9 Å². The monoisotopic (exact) mass is 416 g/mol. The number of hydrogen-bond donors (Lipinski definition) is 0. The van der Waals surface area contributed by atoms with E-state index in [1.165, 1.54) is 52.9 Å².